The Balaban J connectivity index is 1.74. The lowest BCUT2D eigenvalue weighted by atomic mass is 10.1. The maximum atomic E-state index is 12.6. The molecule has 1 amide bonds. The third-order valence-electron chi connectivity index (χ3n) is 4.40. The summed E-state index contributed by atoms with van der Waals surface area (Å²) in [5.74, 6) is 0.863. The average molecular weight is 288 g/mol. The highest BCUT2D eigenvalue weighted by Gasteiger charge is 2.24. The Bertz CT molecular complexity index is 499. The largest absolute Gasteiger partial charge is 0.365 e. The van der Waals surface area contributed by atoms with Gasteiger partial charge in [0, 0.05) is 31.9 Å². The Kier molecular flexibility index (Phi) is 4.39. The summed E-state index contributed by atoms with van der Waals surface area (Å²) in [6.07, 6.45) is 6.31. The smallest absolute Gasteiger partial charge is 0.257 e. The topological polar surface area (TPSA) is 48.5 Å². The van der Waals surface area contributed by atoms with Crippen molar-refractivity contribution in [1.29, 1.82) is 0 Å². The summed E-state index contributed by atoms with van der Waals surface area (Å²) in [7, 11) is 2.14. The Morgan fingerprint density at radius 3 is 2.86 bits per heavy atom. The van der Waals surface area contributed by atoms with Gasteiger partial charge in [-0.2, -0.15) is 0 Å². The number of aromatic nitrogens is 1. The number of hydrogen-bond acceptors (Lipinski definition) is 4. The Labute approximate surface area is 126 Å². The number of anilines is 1. The first-order chi connectivity index (χ1) is 10.2. The number of likely N-dealkylation sites (tertiary alicyclic amines) is 2. The lowest BCUT2D eigenvalue weighted by Gasteiger charge is -2.31. The minimum atomic E-state index is 0.118. The van der Waals surface area contributed by atoms with Gasteiger partial charge in [-0.25, -0.2) is 4.98 Å². The van der Waals surface area contributed by atoms with Crippen LogP contribution in [0.4, 0.5) is 5.82 Å². The highest BCUT2D eigenvalue weighted by atomic mass is 16.2. The summed E-state index contributed by atoms with van der Waals surface area (Å²) < 4.78 is 0. The minimum Gasteiger partial charge on any atom is -0.365 e. The van der Waals surface area contributed by atoms with Gasteiger partial charge < -0.3 is 15.1 Å². The van der Waals surface area contributed by atoms with E-state index in [9.17, 15) is 4.79 Å². The van der Waals surface area contributed by atoms with Gasteiger partial charge in [0.15, 0.2) is 0 Å². The number of carbonyl (C=O) groups excluding carboxylic acids is 1. The Morgan fingerprint density at radius 1 is 1.29 bits per heavy atom. The Morgan fingerprint density at radius 2 is 2.10 bits per heavy atom. The van der Waals surface area contributed by atoms with Crippen LogP contribution in [-0.2, 0) is 0 Å². The van der Waals surface area contributed by atoms with E-state index in [0.717, 1.165) is 51.3 Å². The number of piperidine rings is 1. The number of amides is 1. The van der Waals surface area contributed by atoms with E-state index < -0.39 is 0 Å². The molecule has 1 aromatic rings. The number of rotatable bonds is 3. The molecule has 1 N–H and O–H groups in total. The van der Waals surface area contributed by atoms with E-state index in [-0.39, 0.29) is 5.91 Å². The molecule has 0 aliphatic carbocycles. The van der Waals surface area contributed by atoms with E-state index in [2.05, 4.69) is 22.2 Å². The van der Waals surface area contributed by atoms with Gasteiger partial charge >= 0.3 is 0 Å². The van der Waals surface area contributed by atoms with Crippen LogP contribution in [0.15, 0.2) is 18.3 Å². The highest BCUT2D eigenvalue weighted by molar-refractivity contribution is 5.98. The first-order valence-electron chi connectivity index (χ1n) is 7.93. The SMILES string of the molecule is CN1CCCC(Nc2ncccc2C(=O)N2CCCC2)C1. The van der Waals surface area contributed by atoms with Gasteiger partial charge in [-0.3, -0.25) is 4.79 Å². The van der Waals surface area contributed by atoms with E-state index >= 15 is 0 Å². The fraction of sp³-hybridized carbons (Fsp3) is 0.625. The number of likely N-dealkylation sites (N-methyl/N-ethyl adjacent to an activating group) is 1. The van der Waals surface area contributed by atoms with Crippen LogP contribution >= 0.6 is 0 Å². The molecule has 2 fully saturated rings. The van der Waals surface area contributed by atoms with Crippen molar-refractivity contribution >= 4 is 11.7 Å². The maximum absolute atomic E-state index is 12.6. The van der Waals surface area contributed by atoms with E-state index in [0.29, 0.717) is 11.6 Å². The van der Waals surface area contributed by atoms with Crippen molar-refractivity contribution < 1.29 is 4.79 Å². The van der Waals surface area contributed by atoms with E-state index in [1.807, 2.05) is 17.0 Å². The summed E-state index contributed by atoms with van der Waals surface area (Å²) in [5, 5.41) is 3.48. The minimum absolute atomic E-state index is 0.118. The van der Waals surface area contributed by atoms with E-state index in [1.54, 1.807) is 6.20 Å². The third-order valence-corrected chi connectivity index (χ3v) is 4.40. The number of carbonyl (C=O) groups is 1. The second-order valence-electron chi connectivity index (χ2n) is 6.14. The van der Waals surface area contributed by atoms with Crippen LogP contribution in [0.5, 0.6) is 0 Å². The van der Waals surface area contributed by atoms with Crippen molar-refractivity contribution in [1.82, 2.24) is 14.8 Å². The number of nitrogens with zero attached hydrogens (tertiary/aromatic N) is 3. The Hall–Kier alpha value is -1.62. The molecule has 1 atom stereocenters. The summed E-state index contributed by atoms with van der Waals surface area (Å²) >= 11 is 0. The predicted octanol–water partition coefficient (Wildman–Crippen LogP) is 1.82. The molecule has 3 rings (SSSR count). The summed E-state index contributed by atoms with van der Waals surface area (Å²) in [5.41, 5.74) is 0.715. The molecule has 114 valence electrons. The molecule has 1 unspecified atom stereocenters. The van der Waals surface area contributed by atoms with Crippen LogP contribution in [0.2, 0.25) is 0 Å². The molecule has 2 aliphatic rings. The lowest BCUT2D eigenvalue weighted by molar-refractivity contribution is 0.0793. The van der Waals surface area contributed by atoms with Crippen LogP contribution < -0.4 is 5.32 Å². The first kappa shape index (κ1) is 14.3. The van der Waals surface area contributed by atoms with E-state index in [4.69, 9.17) is 0 Å². The number of hydrogen-bond donors (Lipinski definition) is 1. The molecule has 0 spiro atoms. The molecule has 0 bridgehead atoms. The maximum Gasteiger partial charge on any atom is 0.257 e. The molecule has 2 aliphatic heterocycles. The molecule has 0 saturated carbocycles. The lowest BCUT2D eigenvalue weighted by Crippen LogP contribution is -2.40. The van der Waals surface area contributed by atoms with Crippen LogP contribution in [0.25, 0.3) is 0 Å². The zero-order valence-electron chi connectivity index (χ0n) is 12.7. The second-order valence-corrected chi connectivity index (χ2v) is 6.14. The fourth-order valence-corrected chi connectivity index (χ4v) is 3.26. The number of pyridine rings is 1. The van der Waals surface area contributed by atoms with Crippen molar-refractivity contribution in [2.45, 2.75) is 31.7 Å². The van der Waals surface area contributed by atoms with Gasteiger partial charge in [0.1, 0.15) is 5.82 Å². The monoisotopic (exact) mass is 288 g/mol. The van der Waals surface area contributed by atoms with Crippen LogP contribution in [0.1, 0.15) is 36.0 Å². The standard InChI is InChI=1S/C16H24N4O/c1-19-9-5-6-13(12-19)18-15-14(7-4-8-17-15)16(21)20-10-2-3-11-20/h4,7-8,13H,2-3,5-6,9-12H2,1H3,(H,17,18). The summed E-state index contributed by atoms with van der Waals surface area (Å²) in [6, 6.07) is 4.12. The van der Waals surface area contributed by atoms with Crippen LogP contribution in [0.3, 0.4) is 0 Å². The molecule has 5 heteroatoms. The normalized spacial score (nSPS) is 23.3. The number of nitrogens with one attached hydrogen (secondary N) is 1. The zero-order valence-corrected chi connectivity index (χ0v) is 12.7. The highest BCUT2D eigenvalue weighted by Crippen LogP contribution is 2.20. The van der Waals surface area contributed by atoms with Crippen molar-refractivity contribution in [3.05, 3.63) is 23.9 Å². The molecule has 21 heavy (non-hydrogen) atoms. The van der Waals surface area contributed by atoms with Gasteiger partial charge in [-0.15, -0.1) is 0 Å². The molecule has 0 aromatic carbocycles. The second kappa shape index (κ2) is 6.43. The van der Waals surface area contributed by atoms with Gasteiger partial charge in [0.05, 0.1) is 5.56 Å². The fourth-order valence-electron chi connectivity index (χ4n) is 3.26. The average Bonchev–Trinajstić information content (AvgIpc) is 3.01. The van der Waals surface area contributed by atoms with Gasteiger partial charge in [0.25, 0.3) is 5.91 Å². The zero-order chi connectivity index (χ0) is 14.7. The van der Waals surface area contributed by atoms with Crippen molar-refractivity contribution in [2.24, 2.45) is 0 Å². The third kappa shape index (κ3) is 3.35. The molecule has 5 nitrogen and oxygen atoms in total. The molecule has 2 saturated heterocycles. The van der Waals surface area contributed by atoms with Crippen molar-refractivity contribution in [3.63, 3.8) is 0 Å². The van der Waals surface area contributed by atoms with Crippen molar-refractivity contribution in [2.75, 3.05) is 38.5 Å². The van der Waals surface area contributed by atoms with Gasteiger partial charge in [0.2, 0.25) is 0 Å². The quantitative estimate of drug-likeness (QED) is 0.922. The molecule has 3 heterocycles. The molecular formula is C16H24N4O. The van der Waals surface area contributed by atoms with Crippen LogP contribution in [0, 0.1) is 0 Å². The van der Waals surface area contributed by atoms with E-state index in [1.165, 1.54) is 6.42 Å². The summed E-state index contributed by atoms with van der Waals surface area (Å²) in [6.45, 7) is 3.91. The molecular weight excluding hydrogens is 264 g/mol. The van der Waals surface area contributed by atoms with Crippen LogP contribution in [-0.4, -0.2) is 60.0 Å². The van der Waals surface area contributed by atoms with Gasteiger partial charge in [-0.05, 0) is 51.4 Å². The predicted molar refractivity (Wildman–Crippen MR) is 83.5 cm³/mol. The van der Waals surface area contributed by atoms with Crippen molar-refractivity contribution in [3.8, 4) is 0 Å². The first-order valence-corrected chi connectivity index (χ1v) is 7.93. The summed E-state index contributed by atoms with van der Waals surface area (Å²) in [4.78, 5) is 21.3. The molecule has 0 radical (unpaired) electrons. The molecule has 1 aromatic heterocycles. The van der Waals surface area contributed by atoms with Gasteiger partial charge in [-0.1, -0.05) is 0 Å².